The molecule has 0 saturated carbocycles. The van der Waals surface area contributed by atoms with E-state index in [2.05, 4.69) is 0 Å². The lowest BCUT2D eigenvalue weighted by molar-refractivity contribution is 0.0471. The van der Waals surface area contributed by atoms with Gasteiger partial charge in [0.15, 0.2) is 0 Å². The SMILES string of the molecule is O=C(O)c1ccc(C(=O)N2CC[C@H](C3CCOCC3)C2)cc1. The quantitative estimate of drug-likeness (QED) is 0.930. The van der Waals surface area contributed by atoms with Gasteiger partial charge in [0.05, 0.1) is 5.56 Å². The van der Waals surface area contributed by atoms with Crippen molar-refractivity contribution in [3.05, 3.63) is 35.4 Å². The molecule has 2 saturated heterocycles. The molecule has 5 nitrogen and oxygen atoms in total. The summed E-state index contributed by atoms with van der Waals surface area (Å²) in [6, 6.07) is 6.18. The Kier molecular flexibility index (Phi) is 4.43. The summed E-state index contributed by atoms with van der Waals surface area (Å²) in [7, 11) is 0. The highest BCUT2D eigenvalue weighted by Crippen LogP contribution is 2.31. The molecular weight excluding hydrogens is 282 g/mol. The van der Waals surface area contributed by atoms with E-state index in [4.69, 9.17) is 9.84 Å². The Morgan fingerprint density at radius 1 is 1.00 bits per heavy atom. The molecule has 1 N–H and O–H groups in total. The monoisotopic (exact) mass is 303 g/mol. The van der Waals surface area contributed by atoms with Crippen molar-refractivity contribution in [3.8, 4) is 0 Å². The van der Waals surface area contributed by atoms with E-state index < -0.39 is 5.97 Å². The number of hydrogen-bond acceptors (Lipinski definition) is 3. The number of carbonyl (C=O) groups excluding carboxylic acids is 1. The van der Waals surface area contributed by atoms with E-state index in [9.17, 15) is 9.59 Å². The molecule has 0 aliphatic carbocycles. The normalized spacial score (nSPS) is 22.7. The largest absolute Gasteiger partial charge is 0.478 e. The van der Waals surface area contributed by atoms with Crippen molar-refractivity contribution in [2.45, 2.75) is 19.3 Å². The van der Waals surface area contributed by atoms with Crippen LogP contribution in [0.5, 0.6) is 0 Å². The number of benzene rings is 1. The third-order valence-corrected chi connectivity index (χ3v) is 4.82. The van der Waals surface area contributed by atoms with Crippen molar-refractivity contribution in [1.29, 1.82) is 0 Å². The van der Waals surface area contributed by atoms with Crippen LogP contribution in [0.2, 0.25) is 0 Å². The highest BCUT2D eigenvalue weighted by Gasteiger charge is 2.32. The van der Waals surface area contributed by atoms with Gasteiger partial charge in [0.2, 0.25) is 0 Å². The van der Waals surface area contributed by atoms with Crippen molar-refractivity contribution in [1.82, 2.24) is 4.90 Å². The first-order valence-corrected chi connectivity index (χ1v) is 7.85. The third kappa shape index (κ3) is 3.14. The van der Waals surface area contributed by atoms with Gasteiger partial charge in [-0.3, -0.25) is 4.79 Å². The number of nitrogens with zero attached hydrogens (tertiary/aromatic N) is 1. The summed E-state index contributed by atoms with van der Waals surface area (Å²) < 4.78 is 5.40. The molecule has 1 atom stereocenters. The lowest BCUT2D eigenvalue weighted by Crippen LogP contribution is -2.31. The topological polar surface area (TPSA) is 66.8 Å². The zero-order chi connectivity index (χ0) is 15.5. The summed E-state index contributed by atoms with van der Waals surface area (Å²) in [5.74, 6) is 0.276. The lowest BCUT2D eigenvalue weighted by Gasteiger charge is -2.27. The second-order valence-electron chi connectivity index (χ2n) is 6.13. The van der Waals surface area contributed by atoms with Crippen LogP contribution < -0.4 is 0 Å². The number of rotatable bonds is 3. The van der Waals surface area contributed by atoms with E-state index >= 15 is 0 Å². The summed E-state index contributed by atoms with van der Waals surface area (Å²) in [6.45, 7) is 3.28. The molecule has 1 amide bonds. The number of carbonyl (C=O) groups is 2. The van der Waals surface area contributed by atoms with Gasteiger partial charge in [-0.15, -0.1) is 0 Å². The summed E-state index contributed by atoms with van der Waals surface area (Å²) in [5, 5.41) is 8.90. The molecule has 1 aromatic rings. The highest BCUT2D eigenvalue weighted by atomic mass is 16.5. The zero-order valence-corrected chi connectivity index (χ0v) is 12.5. The molecular formula is C17H21NO4. The fourth-order valence-corrected chi connectivity index (χ4v) is 3.48. The van der Waals surface area contributed by atoms with E-state index in [-0.39, 0.29) is 11.5 Å². The molecule has 1 aromatic carbocycles. The Hall–Kier alpha value is -1.88. The minimum atomic E-state index is -0.972. The average Bonchev–Trinajstić information content (AvgIpc) is 3.05. The molecule has 22 heavy (non-hydrogen) atoms. The van der Waals surface area contributed by atoms with E-state index in [1.807, 2.05) is 4.90 Å². The van der Waals surface area contributed by atoms with Crippen LogP contribution >= 0.6 is 0 Å². The molecule has 0 radical (unpaired) electrons. The minimum Gasteiger partial charge on any atom is -0.478 e. The molecule has 0 spiro atoms. The Balaban J connectivity index is 1.62. The maximum atomic E-state index is 12.5. The van der Waals surface area contributed by atoms with E-state index in [1.165, 1.54) is 12.1 Å². The predicted octanol–water partition coefficient (Wildman–Crippen LogP) is 2.27. The fourth-order valence-electron chi connectivity index (χ4n) is 3.48. The van der Waals surface area contributed by atoms with Gasteiger partial charge in [0.1, 0.15) is 0 Å². The first kappa shape index (κ1) is 15.0. The Morgan fingerprint density at radius 2 is 1.64 bits per heavy atom. The molecule has 2 aliphatic heterocycles. The van der Waals surface area contributed by atoms with Gasteiger partial charge in [-0.05, 0) is 55.4 Å². The van der Waals surface area contributed by atoms with Crippen LogP contribution in [0, 0.1) is 11.8 Å². The van der Waals surface area contributed by atoms with Crippen LogP contribution in [0.25, 0.3) is 0 Å². The van der Waals surface area contributed by atoms with Crippen LogP contribution in [0.3, 0.4) is 0 Å². The second kappa shape index (κ2) is 6.48. The summed E-state index contributed by atoms with van der Waals surface area (Å²) in [4.78, 5) is 25.3. The number of amides is 1. The van der Waals surface area contributed by atoms with Crippen molar-refractivity contribution >= 4 is 11.9 Å². The molecule has 118 valence electrons. The van der Waals surface area contributed by atoms with Crippen molar-refractivity contribution < 1.29 is 19.4 Å². The van der Waals surface area contributed by atoms with Gasteiger partial charge in [0.25, 0.3) is 5.91 Å². The molecule has 0 unspecified atom stereocenters. The molecule has 0 aromatic heterocycles. The molecule has 3 rings (SSSR count). The van der Waals surface area contributed by atoms with Crippen molar-refractivity contribution in [2.75, 3.05) is 26.3 Å². The zero-order valence-electron chi connectivity index (χ0n) is 12.5. The predicted molar refractivity (Wildman–Crippen MR) is 81.0 cm³/mol. The number of carboxylic acid groups (broad SMARTS) is 1. The minimum absolute atomic E-state index is 0.00602. The van der Waals surface area contributed by atoms with E-state index in [0.29, 0.717) is 17.4 Å². The van der Waals surface area contributed by atoms with Crippen molar-refractivity contribution in [2.24, 2.45) is 11.8 Å². The molecule has 5 heteroatoms. The summed E-state index contributed by atoms with van der Waals surface area (Å²) in [5.41, 5.74) is 0.774. The van der Waals surface area contributed by atoms with Crippen LogP contribution in [0.1, 0.15) is 40.0 Å². The third-order valence-electron chi connectivity index (χ3n) is 4.82. The van der Waals surface area contributed by atoms with Crippen molar-refractivity contribution in [3.63, 3.8) is 0 Å². The number of aromatic carboxylic acids is 1. The molecule has 2 heterocycles. The van der Waals surface area contributed by atoms with Gasteiger partial charge in [-0.1, -0.05) is 0 Å². The van der Waals surface area contributed by atoms with Crippen LogP contribution in [-0.4, -0.2) is 48.2 Å². The van der Waals surface area contributed by atoms with Gasteiger partial charge >= 0.3 is 5.97 Å². The Labute approximate surface area is 129 Å². The summed E-state index contributed by atoms with van der Waals surface area (Å²) >= 11 is 0. The van der Waals surface area contributed by atoms with Crippen LogP contribution in [0.15, 0.2) is 24.3 Å². The lowest BCUT2D eigenvalue weighted by atomic mass is 9.85. The van der Waals surface area contributed by atoms with Gasteiger partial charge in [0, 0.05) is 31.9 Å². The average molecular weight is 303 g/mol. The Bertz CT molecular complexity index is 548. The first-order valence-electron chi connectivity index (χ1n) is 7.85. The first-order chi connectivity index (χ1) is 10.6. The molecule has 0 bridgehead atoms. The van der Waals surface area contributed by atoms with E-state index in [0.717, 1.165) is 45.6 Å². The Morgan fingerprint density at radius 3 is 2.27 bits per heavy atom. The molecule has 2 aliphatic rings. The summed E-state index contributed by atoms with van der Waals surface area (Å²) in [6.07, 6.45) is 3.25. The highest BCUT2D eigenvalue weighted by molar-refractivity contribution is 5.96. The van der Waals surface area contributed by atoms with Crippen LogP contribution in [0.4, 0.5) is 0 Å². The molecule has 2 fully saturated rings. The second-order valence-corrected chi connectivity index (χ2v) is 6.13. The maximum absolute atomic E-state index is 12.5. The van der Waals surface area contributed by atoms with Crippen LogP contribution in [-0.2, 0) is 4.74 Å². The standard InChI is InChI=1S/C17H21NO4/c19-16(13-1-3-14(4-2-13)17(20)21)18-8-5-15(11-18)12-6-9-22-10-7-12/h1-4,12,15H,5-11H2,(H,20,21)/t15-/m0/s1. The van der Waals surface area contributed by atoms with Gasteiger partial charge < -0.3 is 14.7 Å². The number of carboxylic acids is 1. The number of hydrogen-bond donors (Lipinski definition) is 1. The maximum Gasteiger partial charge on any atom is 0.335 e. The number of likely N-dealkylation sites (tertiary alicyclic amines) is 1. The number of ether oxygens (including phenoxy) is 1. The smallest absolute Gasteiger partial charge is 0.335 e. The van der Waals surface area contributed by atoms with E-state index in [1.54, 1.807) is 12.1 Å². The van der Waals surface area contributed by atoms with Gasteiger partial charge in [-0.2, -0.15) is 0 Å². The fraction of sp³-hybridized carbons (Fsp3) is 0.529. The van der Waals surface area contributed by atoms with Gasteiger partial charge in [-0.25, -0.2) is 4.79 Å².